The van der Waals surface area contributed by atoms with Crippen LogP contribution < -0.4 is 14.2 Å². The van der Waals surface area contributed by atoms with Crippen molar-refractivity contribution in [2.24, 2.45) is 5.92 Å². The predicted octanol–water partition coefficient (Wildman–Crippen LogP) is 5.41. The number of carbonyl (C=O) groups is 2. The van der Waals surface area contributed by atoms with Crippen LogP contribution in [0, 0.1) is 5.92 Å². The quantitative estimate of drug-likeness (QED) is 0.222. The zero-order valence-electron chi connectivity index (χ0n) is 21.6. The maximum Gasteiger partial charge on any atom is 0.296 e. The number of methoxy groups -OCH3 is 2. The van der Waals surface area contributed by atoms with E-state index in [2.05, 4.69) is 4.98 Å². The summed E-state index contributed by atoms with van der Waals surface area (Å²) in [7, 11) is 2.85. The Balaban J connectivity index is 1.90. The van der Waals surface area contributed by atoms with Gasteiger partial charge in [-0.1, -0.05) is 43.6 Å². The molecule has 1 atom stereocenters. The van der Waals surface area contributed by atoms with Crippen LogP contribution >= 0.6 is 11.6 Å². The maximum absolute atomic E-state index is 13.5. The summed E-state index contributed by atoms with van der Waals surface area (Å²) in [6, 6.07) is 14.5. The molecule has 3 aromatic rings. The summed E-state index contributed by atoms with van der Waals surface area (Å²) in [5.41, 5.74) is 1.27. The van der Waals surface area contributed by atoms with Gasteiger partial charge < -0.3 is 24.2 Å². The van der Waals surface area contributed by atoms with E-state index in [0.717, 1.165) is 0 Å². The van der Waals surface area contributed by atoms with E-state index >= 15 is 0 Å². The van der Waals surface area contributed by atoms with Gasteiger partial charge in [0.15, 0.2) is 0 Å². The van der Waals surface area contributed by atoms with Gasteiger partial charge in [0.1, 0.15) is 23.0 Å². The fraction of sp³-hybridized carbons (Fsp3) is 0.276. The highest BCUT2D eigenvalue weighted by atomic mass is 35.5. The summed E-state index contributed by atoms with van der Waals surface area (Å²) in [5, 5.41) is 11.8. The van der Waals surface area contributed by atoms with E-state index < -0.39 is 23.5 Å². The number of aliphatic hydroxyl groups excluding tert-OH is 1. The second-order valence-electron chi connectivity index (χ2n) is 9.21. The van der Waals surface area contributed by atoms with Gasteiger partial charge in [-0.3, -0.25) is 14.6 Å². The van der Waals surface area contributed by atoms with E-state index in [-0.39, 0.29) is 34.2 Å². The molecular formula is C29H29ClN2O6. The largest absolute Gasteiger partial charge is 0.507 e. The van der Waals surface area contributed by atoms with Crippen LogP contribution in [0.25, 0.3) is 5.76 Å². The lowest BCUT2D eigenvalue weighted by Crippen LogP contribution is -2.29. The van der Waals surface area contributed by atoms with Crippen molar-refractivity contribution in [1.82, 2.24) is 9.88 Å². The van der Waals surface area contributed by atoms with E-state index in [4.69, 9.17) is 25.8 Å². The highest BCUT2D eigenvalue weighted by Crippen LogP contribution is 2.44. The molecule has 1 fully saturated rings. The van der Waals surface area contributed by atoms with Crippen LogP contribution in [0.2, 0.25) is 5.02 Å². The molecule has 8 nitrogen and oxygen atoms in total. The van der Waals surface area contributed by atoms with E-state index in [1.807, 2.05) is 19.9 Å². The molecule has 9 heteroatoms. The second kappa shape index (κ2) is 11.6. The topological polar surface area (TPSA) is 98.2 Å². The van der Waals surface area contributed by atoms with E-state index in [0.29, 0.717) is 29.5 Å². The summed E-state index contributed by atoms with van der Waals surface area (Å²) < 4.78 is 16.6. The summed E-state index contributed by atoms with van der Waals surface area (Å²) >= 11 is 6.25. The standard InChI is InChI=1S/C29H29ClN2O6/c1-17(2)16-38-20-10-7-8-18(12-20)26-25(27(33)21-13-24(37-4)22(30)14-23(21)36-3)28(34)29(35)32(26)15-19-9-5-6-11-31-19/h5-14,17,26,33H,15-16H2,1-4H3/b27-25+. The van der Waals surface area contributed by atoms with Crippen LogP contribution in [0.3, 0.4) is 0 Å². The number of hydrogen-bond donors (Lipinski definition) is 1. The van der Waals surface area contributed by atoms with Crippen molar-refractivity contribution in [2.45, 2.75) is 26.4 Å². The first-order valence-electron chi connectivity index (χ1n) is 12.1. The number of benzene rings is 2. The minimum atomic E-state index is -0.911. The van der Waals surface area contributed by atoms with Crippen LogP contribution in [0.5, 0.6) is 17.2 Å². The second-order valence-corrected chi connectivity index (χ2v) is 9.62. The molecule has 1 amide bonds. The number of ketones is 1. The minimum Gasteiger partial charge on any atom is -0.507 e. The number of carbonyl (C=O) groups excluding carboxylic acids is 2. The number of likely N-dealkylation sites (tertiary alicyclic amines) is 1. The van der Waals surface area contributed by atoms with Crippen molar-refractivity contribution >= 4 is 29.1 Å². The van der Waals surface area contributed by atoms with Crippen LogP contribution in [-0.4, -0.2) is 47.5 Å². The highest BCUT2D eigenvalue weighted by molar-refractivity contribution is 6.46. The zero-order valence-corrected chi connectivity index (χ0v) is 22.4. The highest BCUT2D eigenvalue weighted by Gasteiger charge is 2.46. The van der Waals surface area contributed by atoms with Gasteiger partial charge in [-0.15, -0.1) is 0 Å². The van der Waals surface area contributed by atoms with Crippen LogP contribution in [0.4, 0.5) is 0 Å². The van der Waals surface area contributed by atoms with Gasteiger partial charge in [0.05, 0.1) is 55.3 Å². The lowest BCUT2D eigenvalue weighted by molar-refractivity contribution is -0.140. The van der Waals surface area contributed by atoms with Gasteiger partial charge >= 0.3 is 0 Å². The number of Topliss-reactive ketones (excluding diaryl/α,β-unsaturated/α-hetero) is 1. The molecule has 1 aliphatic heterocycles. The molecule has 0 radical (unpaired) electrons. The van der Waals surface area contributed by atoms with Gasteiger partial charge in [0, 0.05) is 12.3 Å². The van der Waals surface area contributed by atoms with Crippen LogP contribution in [-0.2, 0) is 16.1 Å². The first-order chi connectivity index (χ1) is 18.2. The van der Waals surface area contributed by atoms with Crippen molar-refractivity contribution in [3.05, 3.63) is 88.2 Å². The zero-order chi connectivity index (χ0) is 27.4. The lowest BCUT2D eigenvalue weighted by atomic mass is 9.94. The normalized spacial score (nSPS) is 16.7. The average molecular weight is 537 g/mol. The van der Waals surface area contributed by atoms with Gasteiger partial charge in [0.25, 0.3) is 11.7 Å². The van der Waals surface area contributed by atoms with Crippen molar-refractivity contribution in [3.8, 4) is 17.2 Å². The molecule has 1 aromatic heterocycles. The first kappa shape index (κ1) is 27.0. The summed E-state index contributed by atoms with van der Waals surface area (Å²) in [6.45, 7) is 4.64. The van der Waals surface area contributed by atoms with E-state index in [1.54, 1.807) is 42.6 Å². The summed E-state index contributed by atoms with van der Waals surface area (Å²) in [4.78, 5) is 32.6. The molecule has 0 spiro atoms. The Morgan fingerprint density at radius 3 is 2.47 bits per heavy atom. The number of nitrogens with zero attached hydrogens (tertiary/aromatic N) is 2. The summed E-state index contributed by atoms with van der Waals surface area (Å²) in [6.07, 6.45) is 1.62. The Kier molecular flexibility index (Phi) is 8.22. The van der Waals surface area contributed by atoms with E-state index in [9.17, 15) is 14.7 Å². The molecule has 38 heavy (non-hydrogen) atoms. The molecule has 0 aliphatic carbocycles. The van der Waals surface area contributed by atoms with Gasteiger partial charge in [0.2, 0.25) is 0 Å². The molecule has 1 N–H and O–H groups in total. The van der Waals surface area contributed by atoms with Crippen molar-refractivity contribution < 1.29 is 28.9 Å². The molecule has 1 aliphatic rings. The molecule has 1 saturated heterocycles. The van der Waals surface area contributed by atoms with Crippen molar-refractivity contribution in [1.29, 1.82) is 0 Å². The Morgan fingerprint density at radius 2 is 1.82 bits per heavy atom. The molecule has 4 rings (SSSR count). The molecule has 2 heterocycles. The fourth-order valence-corrected chi connectivity index (χ4v) is 4.51. The number of aliphatic hydroxyl groups is 1. The van der Waals surface area contributed by atoms with Gasteiger partial charge in [-0.05, 0) is 41.8 Å². The van der Waals surface area contributed by atoms with E-state index in [1.165, 1.54) is 31.3 Å². The SMILES string of the molecule is COc1cc(/C(O)=C2\C(=O)C(=O)N(Cc3ccccn3)C2c2cccc(OCC(C)C)c2)c(OC)cc1Cl. The number of aromatic nitrogens is 1. The number of hydrogen-bond acceptors (Lipinski definition) is 7. The fourth-order valence-electron chi connectivity index (χ4n) is 4.28. The van der Waals surface area contributed by atoms with Crippen LogP contribution in [0.1, 0.15) is 36.7 Å². The Morgan fingerprint density at radius 1 is 1.05 bits per heavy atom. The maximum atomic E-state index is 13.5. The molecule has 0 bridgehead atoms. The van der Waals surface area contributed by atoms with Crippen molar-refractivity contribution in [3.63, 3.8) is 0 Å². The average Bonchev–Trinajstić information content (AvgIpc) is 3.17. The monoisotopic (exact) mass is 536 g/mol. The lowest BCUT2D eigenvalue weighted by Gasteiger charge is -2.25. The Labute approximate surface area is 226 Å². The smallest absolute Gasteiger partial charge is 0.296 e. The number of pyridine rings is 1. The minimum absolute atomic E-state index is 0.0605. The predicted molar refractivity (Wildman–Crippen MR) is 143 cm³/mol. The third-order valence-corrected chi connectivity index (χ3v) is 6.38. The number of rotatable bonds is 9. The number of ether oxygens (including phenoxy) is 3. The molecule has 1 unspecified atom stereocenters. The number of amides is 1. The molecule has 198 valence electrons. The molecular weight excluding hydrogens is 508 g/mol. The molecule has 0 saturated carbocycles. The first-order valence-corrected chi connectivity index (χ1v) is 12.5. The van der Waals surface area contributed by atoms with Gasteiger partial charge in [-0.25, -0.2) is 0 Å². The third-order valence-electron chi connectivity index (χ3n) is 6.08. The molecule has 2 aromatic carbocycles. The Hall–Kier alpha value is -4.04. The van der Waals surface area contributed by atoms with Crippen LogP contribution in [0.15, 0.2) is 66.4 Å². The summed E-state index contributed by atoms with van der Waals surface area (Å²) in [5.74, 6) is -0.596. The number of halogens is 1. The van der Waals surface area contributed by atoms with Crippen molar-refractivity contribution in [2.75, 3.05) is 20.8 Å². The third kappa shape index (κ3) is 5.45. The Bertz CT molecular complexity index is 1370. The van der Waals surface area contributed by atoms with Gasteiger partial charge in [-0.2, -0.15) is 0 Å².